The Hall–Kier alpha value is -1.30. The number of aromatic nitrogens is 1. The molecule has 0 atom stereocenters. The number of pyridine rings is 1. The van der Waals surface area contributed by atoms with Crippen molar-refractivity contribution in [3.63, 3.8) is 0 Å². The van der Waals surface area contributed by atoms with Gasteiger partial charge >= 0.3 is 0 Å². The van der Waals surface area contributed by atoms with Crippen LogP contribution in [-0.2, 0) is 11.8 Å². The fourth-order valence-corrected chi connectivity index (χ4v) is 2.66. The van der Waals surface area contributed by atoms with Crippen LogP contribution in [0.15, 0.2) is 39.6 Å². The van der Waals surface area contributed by atoms with E-state index in [0.29, 0.717) is 13.2 Å². The van der Waals surface area contributed by atoms with Gasteiger partial charge in [0.1, 0.15) is 17.4 Å². The van der Waals surface area contributed by atoms with Crippen LogP contribution in [0, 0.1) is 0 Å². The van der Waals surface area contributed by atoms with Gasteiger partial charge in [0.25, 0.3) is 5.56 Å². The lowest BCUT2D eigenvalue weighted by Crippen LogP contribution is -2.18. The second-order valence-electron chi connectivity index (χ2n) is 4.41. The normalized spacial score (nSPS) is 10.7. The van der Waals surface area contributed by atoms with E-state index in [-0.39, 0.29) is 10.6 Å². The minimum absolute atomic E-state index is 0.205. The predicted molar refractivity (Wildman–Crippen MR) is 87.2 cm³/mol. The summed E-state index contributed by atoms with van der Waals surface area (Å²) in [5, 5.41) is 0.205. The molecule has 1 aromatic heterocycles. The van der Waals surface area contributed by atoms with Crippen LogP contribution >= 0.6 is 27.5 Å². The molecule has 21 heavy (non-hydrogen) atoms. The summed E-state index contributed by atoms with van der Waals surface area (Å²) >= 11 is 9.34. The second kappa shape index (κ2) is 7.11. The van der Waals surface area contributed by atoms with Crippen LogP contribution in [0.25, 0.3) is 11.3 Å². The summed E-state index contributed by atoms with van der Waals surface area (Å²) in [7, 11) is 3.32. The monoisotopic (exact) mass is 371 g/mol. The summed E-state index contributed by atoms with van der Waals surface area (Å²) in [5.41, 5.74) is 1.45. The summed E-state index contributed by atoms with van der Waals surface area (Å²) in [6.45, 7) is 1.02. The maximum atomic E-state index is 11.9. The van der Waals surface area contributed by atoms with Crippen molar-refractivity contribution in [2.75, 3.05) is 20.3 Å². The van der Waals surface area contributed by atoms with Crippen LogP contribution in [0.5, 0.6) is 5.75 Å². The van der Waals surface area contributed by atoms with Crippen LogP contribution in [-0.4, -0.2) is 24.9 Å². The Kier molecular flexibility index (Phi) is 5.45. The van der Waals surface area contributed by atoms with Crippen LogP contribution in [0.1, 0.15) is 0 Å². The van der Waals surface area contributed by atoms with Gasteiger partial charge in [0, 0.05) is 24.2 Å². The number of halogens is 2. The van der Waals surface area contributed by atoms with Gasteiger partial charge < -0.3 is 14.0 Å². The Morgan fingerprint density at radius 3 is 2.67 bits per heavy atom. The molecule has 2 rings (SSSR count). The highest BCUT2D eigenvalue weighted by molar-refractivity contribution is 9.10. The minimum Gasteiger partial charge on any atom is -0.491 e. The van der Waals surface area contributed by atoms with Gasteiger partial charge in [-0.3, -0.25) is 4.79 Å². The molecule has 0 radical (unpaired) electrons. The zero-order valence-electron chi connectivity index (χ0n) is 11.7. The first-order chi connectivity index (χ1) is 10.0. The number of rotatable bonds is 5. The lowest BCUT2D eigenvalue weighted by atomic mass is 10.1. The first-order valence-electron chi connectivity index (χ1n) is 6.31. The Bertz CT molecular complexity index is 700. The van der Waals surface area contributed by atoms with Crippen LogP contribution in [0.3, 0.4) is 0 Å². The third-order valence-electron chi connectivity index (χ3n) is 3.03. The average molecular weight is 373 g/mol. The second-order valence-corrected chi connectivity index (χ2v) is 5.68. The molecule has 0 bridgehead atoms. The van der Waals surface area contributed by atoms with Crippen molar-refractivity contribution >= 4 is 27.5 Å². The number of ether oxygens (including phenoxy) is 2. The molecule has 1 heterocycles. The van der Waals surface area contributed by atoms with Crippen LogP contribution in [0.2, 0.25) is 5.02 Å². The smallest absolute Gasteiger partial charge is 0.269 e. The molecule has 2 aromatic rings. The van der Waals surface area contributed by atoms with Gasteiger partial charge in [-0.2, -0.15) is 0 Å². The van der Waals surface area contributed by atoms with E-state index in [1.165, 1.54) is 4.57 Å². The molecule has 0 saturated heterocycles. The van der Waals surface area contributed by atoms with Crippen LogP contribution in [0.4, 0.5) is 0 Å². The van der Waals surface area contributed by atoms with Crippen molar-refractivity contribution in [1.29, 1.82) is 0 Å². The molecule has 0 unspecified atom stereocenters. The van der Waals surface area contributed by atoms with E-state index >= 15 is 0 Å². The molecule has 0 N–H and O–H groups in total. The fourth-order valence-electron chi connectivity index (χ4n) is 1.91. The molecule has 0 aliphatic rings. The van der Waals surface area contributed by atoms with Gasteiger partial charge in [-0.25, -0.2) is 0 Å². The molecule has 0 amide bonds. The molecule has 0 fully saturated rings. The summed E-state index contributed by atoms with van der Waals surface area (Å²) in [5.74, 6) is 0.738. The summed E-state index contributed by atoms with van der Waals surface area (Å²) in [6, 6.07) is 9.04. The van der Waals surface area contributed by atoms with E-state index in [9.17, 15) is 4.79 Å². The largest absolute Gasteiger partial charge is 0.491 e. The van der Waals surface area contributed by atoms with E-state index in [4.69, 9.17) is 21.1 Å². The standard InChI is InChI=1S/C15H15BrClNO3/c1-18-14(6-5-13(17)15(18)19)11-4-3-10(9-12(11)16)21-8-7-20-2/h3-6,9H,7-8H2,1-2H3. The van der Waals surface area contributed by atoms with E-state index < -0.39 is 0 Å². The SMILES string of the molecule is COCCOc1ccc(-c2ccc(Cl)c(=O)n2C)c(Br)c1. The molecule has 0 spiro atoms. The predicted octanol–water partition coefficient (Wildman–Crippen LogP) is 3.49. The van der Waals surface area contributed by atoms with Crippen molar-refractivity contribution in [2.24, 2.45) is 7.05 Å². The van der Waals surface area contributed by atoms with E-state index in [1.54, 1.807) is 20.2 Å². The van der Waals surface area contributed by atoms with Crippen molar-refractivity contribution in [3.8, 4) is 17.0 Å². The van der Waals surface area contributed by atoms with Gasteiger partial charge in [0.05, 0.1) is 12.3 Å². The van der Waals surface area contributed by atoms with Gasteiger partial charge in [0.2, 0.25) is 0 Å². The van der Waals surface area contributed by atoms with E-state index in [2.05, 4.69) is 15.9 Å². The van der Waals surface area contributed by atoms with E-state index in [1.807, 2.05) is 24.3 Å². The quantitative estimate of drug-likeness (QED) is 0.754. The maximum Gasteiger partial charge on any atom is 0.269 e. The molecule has 4 nitrogen and oxygen atoms in total. The minimum atomic E-state index is -0.221. The Morgan fingerprint density at radius 2 is 2.00 bits per heavy atom. The zero-order chi connectivity index (χ0) is 15.4. The number of benzene rings is 1. The van der Waals surface area contributed by atoms with Crippen molar-refractivity contribution in [3.05, 3.63) is 50.2 Å². The van der Waals surface area contributed by atoms with Crippen molar-refractivity contribution in [2.45, 2.75) is 0 Å². The number of nitrogens with zero attached hydrogens (tertiary/aromatic N) is 1. The molecule has 0 saturated carbocycles. The molecular formula is C15H15BrClNO3. The summed E-state index contributed by atoms with van der Waals surface area (Å²) < 4.78 is 12.9. The Balaban J connectivity index is 2.33. The number of methoxy groups -OCH3 is 1. The average Bonchev–Trinajstić information content (AvgIpc) is 2.46. The van der Waals surface area contributed by atoms with Crippen molar-refractivity contribution in [1.82, 2.24) is 4.57 Å². The number of hydrogen-bond acceptors (Lipinski definition) is 3. The van der Waals surface area contributed by atoms with Gasteiger partial charge in [-0.1, -0.05) is 11.6 Å². The highest BCUT2D eigenvalue weighted by atomic mass is 79.9. The molecule has 6 heteroatoms. The summed E-state index contributed by atoms with van der Waals surface area (Å²) in [4.78, 5) is 11.9. The highest BCUT2D eigenvalue weighted by Crippen LogP contribution is 2.31. The first-order valence-corrected chi connectivity index (χ1v) is 7.49. The van der Waals surface area contributed by atoms with Crippen molar-refractivity contribution < 1.29 is 9.47 Å². The molecule has 0 aliphatic heterocycles. The molecular weight excluding hydrogens is 358 g/mol. The fraction of sp³-hybridized carbons (Fsp3) is 0.267. The third kappa shape index (κ3) is 3.67. The first kappa shape index (κ1) is 16.1. The highest BCUT2D eigenvalue weighted by Gasteiger charge is 2.10. The van der Waals surface area contributed by atoms with Crippen LogP contribution < -0.4 is 10.3 Å². The Morgan fingerprint density at radius 1 is 1.24 bits per heavy atom. The summed E-state index contributed by atoms with van der Waals surface area (Å²) in [6.07, 6.45) is 0. The third-order valence-corrected chi connectivity index (χ3v) is 3.97. The zero-order valence-corrected chi connectivity index (χ0v) is 14.1. The Labute approximate surface area is 136 Å². The van der Waals surface area contributed by atoms with Gasteiger partial charge in [0.15, 0.2) is 0 Å². The van der Waals surface area contributed by atoms with Gasteiger partial charge in [-0.05, 0) is 46.3 Å². The topological polar surface area (TPSA) is 40.5 Å². The van der Waals surface area contributed by atoms with Gasteiger partial charge in [-0.15, -0.1) is 0 Å². The molecule has 1 aromatic carbocycles. The molecule has 0 aliphatic carbocycles. The molecule has 112 valence electrons. The van der Waals surface area contributed by atoms with E-state index in [0.717, 1.165) is 21.5 Å². The number of hydrogen-bond donors (Lipinski definition) is 0. The lowest BCUT2D eigenvalue weighted by molar-refractivity contribution is 0.146. The lowest BCUT2D eigenvalue weighted by Gasteiger charge is -2.12. The maximum absolute atomic E-state index is 11.9.